The molecule has 4 rings (SSSR count). The zero-order chi connectivity index (χ0) is 26.4. The van der Waals surface area contributed by atoms with Gasteiger partial charge in [-0.05, 0) is 60.6 Å². The van der Waals surface area contributed by atoms with Gasteiger partial charge in [0.1, 0.15) is 18.1 Å². The number of ketones is 1. The molecule has 0 aliphatic carbocycles. The molecule has 1 fully saturated rings. The first-order chi connectivity index (χ1) is 17.9. The highest BCUT2D eigenvalue weighted by molar-refractivity contribution is 6.46. The zero-order valence-corrected chi connectivity index (χ0v) is 21.8. The van der Waals surface area contributed by atoms with Crippen LogP contribution in [0, 0.1) is 0 Å². The van der Waals surface area contributed by atoms with Crippen molar-refractivity contribution in [2.24, 2.45) is 0 Å². The fraction of sp³-hybridized carbons (Fsp3) is 0.267. The molecule has 1 aliphatic rings. The van der Waals surface area contributed by atoms with Gasteiger partial charge in [-0.2, -0.15) is 0 Å². The normalized spacial score (nSPS) is 17.0. The van der Waals surface area contributed by atoms with Crippen LogP contribution in [0.4, 0.5) is 0 Å². The maximum absolute atomic E-state index is 13.3. The molecule has 3 aromatic carbocycles. The van der Waals surface area contributed by atoms with Crippen molar-refractivity contribution in [3.8, 4) is 5.75 Å². The fourth-order valence-corrected chi connectivity index (χ4v) is 4.65. The molecule has 6 nitrogen and oxygen atoms in total. The highest BCUT2D eigenvalue weighted by atomic mass is 35.5. The number of nitrogens with zero attached hydrogens (tertiary/aromatic N) is 2. The molecule has 1 saturated heterocycles. The highest BCUT2D eigenvalue weighted by Crippen LogP contribution is 2.40. The van der Waals surface area contributed by atoms with Gasteiger partial charge in [0.2, 0.25) is 0 Å². The Labute approximate surface area is 222 Å². The van der Waals surface area contributed by atoms with Gasteiger partial charge in [0, 0.05) is 23.7 Å². The Balaban J connectivity index is 1.72. The predicted molar refractivity (Wildman–Crippen MR) is 145 cm³/mol. The van der Waals surface area contributed by atoms with Crippen molar-refractivity contribution in [3.05, 3.63) is 106 Å². The molecule has 0 saturated carbocycles. The van der Waals surface area contributed by atoms with Gasteiger partial charge >= 0.3 is 0 Å². The third-order valence-electron chi connectivity index (χ3n) is 6.63. The molecule has 1 N–H and O–H groups in total. The lowest BCUT2D eigenvalue weighted by atomic mass is 9.95. The first-order valence-corrected chi connectivity index (χ1v) is 12.8. The summed E-state index contributed by atoms with van der Waals surface area (Å²) in [6.07, 6.45) is 0. The van der Waals surface area contributed by atoms with Gasteiger partial charge in [-0.15, -0.1) is 0 Å². The van der Waals surface area contributed by atoms with Crippen LogP contribution in [0.25, 0.3) is 5.76 Å². The number of carbonyl (C=O) groups is 2. The van der Waals surface area contributed by atoms with Crippen LogP contribution >= 0.6 is 11.6 Å². The number of ether oxygens (including phenoxy) is 1. The molecule has 1 heterocycles. The molecule has 0 radical (unpaired) electrons. The first-order valence-electron chi connectivity index (χ1n) is 12.5. The molecule has 0 spiro atoms. The minimum atomic E-state index is -0.744. The molecule has 192 valence electrons. The standard InChI is InChI=1S/C30H31ClN2O4/c1-3-32(4-2)17-18-33-27(23-11-8-12-25(19-23)37-20-21-9-6-5-7-10-21)26(29(35)30(33)36)28(34)22-13-15-24(31)16-14-22/h5-16,19,27,34H,3-4,17-18,20H2,1-2H3. The van der Waals surface area contributed by atoms with E-state index in [2.05, 4.69) is 18.7 Å². The van der Waals surface area contributed by atoms with Crippen LogP contribution in [0.1, 0.15) is 36.6 Å². The number of likely N-dealkylation sites (N-methyl/N-ethyl adjacent to an activating group) is 1. The molecular weight excluding hydrogens is 488 g/mol. The smallest absolute Gasteiger partial charge is 0.295 e. The van der Waals surface area contributed by atoms with Crippen LogP contribution in [0.2, 0.25) is 5.02 Å². The number of hydrogen-bond acceptors (Lipinski definition) is 5. The Kier molecular flexibility index (Phi) is 8.64. The number of rotatable bonds is 10. The van der Waals surface area contributed by atoms with Gasteiger partial charge in [0.15, 0.2) is 0 Å². The lowest BCUT2D eigenvalue weighted by Crippen LogP contribution is -2.38. The molecule has 3 aromatic rings. The first kappa shape index (κ1) is 26.5. The summed E-state index contributed by atoms with van der Waals surface area (Å²) in [5.74, 6) is -0.931. The average Bonchev–Trinajstić information content (AvgIpc) is 3.18. The number of hydrogen-bond donors (Lipinski definition) is 1. The summed E-state index contributed by atoms with van der Waals surface area (Å²) in [5.41, 5.74) is 2.21. The van der Waals surface area contributed by atoms with Crippen molar-refractivity contribution in [2.45, 2.75) is 26.5 Å². The molecule has 1 unspecified atom stereocenters. The Morgan fingerprint density at radius 3 is 2.35 bits per heavy atom. The van der Waals surface area contributed by atoms with E-state index in [0.717, 1.165) is 18.7 Å². The monoisotopic (exact) mass is 518 g/mol. The second kappa shape index (κ2) is 12.1. The quantitative estimate of drug-likeness (QED) is 0.212. The van der Waals surface area contributed by atoms with E-state index in [1.807, 2.05) is 54.6 Å². The molecule has 37 heavy (non-hydrogen) atoms. The molecule has 7 heteroatoms. The number of Topliss-reactive ketones (excluding diaryl/α,β-unsaturated/α-hetero) is 1. The van der Waals surface area contributed by atoms with E-state index < -0.39 is 17.7 Å². The van der Waals surface area contributed by atoms with E-state index in [9.17, 15) is 14.7 Å². The Morgan fingerprint density at radius 2 is 1.68 bits per heavy atom. The van der Waals surface area contributed by atoms with Gasteiger partial charge in [-0.3, -0.25) is 9.59 Å². The van der Waals surface area contributed by atoms with Crippen molar-refractivity contribution < 1.29 is 19.4 Å². The van der Waals surface area contributed by atoms with Crippen molar-refractivity contribution in [1.82, 2.24) is 9.80 Å². The van der Waals surface area contributed by atoms with Crippen LogP contribution in [-0.4, -0.2) is 52.8 Å². The number of halogens is 1. The molecule has 0 aromatic heterocycles. The summed E-state index contributed by atoms with van der Waals surface area (Å²) < 4.78 is 6.02. The zero-order valence-electron chi connectivity index (χ0n) is 21.1. The average molecular weight is 519 g/mol. The number of carbonyl (C=O) groups excluding carboxylic acids is 2. The summed E-state index contributed by atoms with van der Waals surface area (Å²) in [7, 11) is 0. The summed E-state index contributed by atoms with van der Waals surface area (Å²) in [6, 6.07) is 23.0. The van der Waals surface area contributed by atoms with Gasteiger partial charge in [0.05, 0.1) is 11.6 Å². The molecule has 1 atom stereocenters. The highest BCUT2D eigenvalue weighted by Gasteiger charge is 2.46. The SMILES string of the molecule is CCN(CC)CCN1C(=O)C(=O)C(=C(O)c2ccc(Cl)cc2)C1c1cccc(OCc2ccccc2)c1. The van der Waals surface area contributed by atoms with Crippen LogP contribution in [0.15, 0.2) is 84.4 Å². The third kappa shape index (κ3) is 6.04. The molecular formula is C30H31ClN2O4. The van der Waals surface area contributed by atoms with Gasteiger partial charge < -0.3 is 19.6 Å². The Hall–Kier alpha value is -3.61. The van der Waals surface area contributed by atoms with Crippen molar-refractivity contribution in [1.29, 1.82) is 0 Å². The topological polar surface area (TPSA) is 70.1 Å². The van der Waals surface area contributed by atoms with E-state index in [4.69, 9.17) is 16.3 Å². The Morgan fingerprint density at radius 1 is 0.973 bits per heavy atom. The van der Waals surface area contributed by atoms with E-state index in [1.165, 1.54) is 0 Å². The maximum atomic E-state index is 13.3. The van der Waals surface area contributed by atoms with E-state index in [-0.39, 0.29) is 11.3 Å². The number of benzene rings is 3. The van der Waals surface area contributed by atoms with Crippen molar-refractivity contribution in [3.63, 3.8) is 0 Å². The van der Waals surface area contributed by atoms with E-state index in [0.29, 0.717) is 41.6 Å². The minimum Gasteiger partial charge on any atom is -0.507 e. The van der Waals surface area contributed by atoms with Gasteiger partial charge in [-0.1, -0.05) is 67.9 Å². The lowest BCUT2D eigenvalue weighted by Gasteiger charge is -2.28. The maximum Gasteiger partial charge on any atom is 0.295 e. The van der Waals surface area contributed by atoms with Crippen LogP contribution in [-0.2, 0) is 16.2 Å². The number of likely N-dealkylation sites (tertiary alicyclic amines) is 1. The van der Waals surface area contributed by atoms with Gasteiger partial charge in [0.25, 0.3) is 11.7 Å². The molecule has 1 aliphatic heterocycles. The summed E-state index contributed by atoms with van der Waals surface area (Å²) in [6.45, 7) is 7.13. The van der Waals surface area contributed by atoms with Gasteiger partial charge in [-0.25, -0.2) is 0 Å². The number of aliphatic hydroxyl groups excluding tert-OH is 1. The summed E-state index contributed by atoms with van der Waals surface area (Å²) >= 11 is 6.02. The largest absolute Gasteiger partial charge is 0.507 e. The third-order valence-corrected chi connectivity index (χ3v) is 6.88. The lowest BCUT2D eigenvalue weighted by molar-refractivity contribution is -0.140. The molecule has 1 amide bonds. The van der Waals surface area contributed by atoms with Crippen LogP contribution in [0.3, 0.4) is 0 Å². The van der Waals surface area contributed by atoms with Crippen molar-refractivity contribution >= 4 is 29.1 Å². The second-order valence-electron chi connectivity index (χ2n) is 8.87. The number of amides is 1. The summed E-state index contributed by atoms with van der Waals surface area (Å²) in [5, 5.41) is 11.7. The van der Waals surface area contributed by atoms with Crippen molar-refractivity contribution in [2.75, 3.05) is 26.2 Å². The van der Waals surface area contributed by atoms with E-state index >= 15 is 0 Å². The van der Waals surface area contributed by atoms with Crippen LogP contribution in [0.5, 0.6) is 5.75 Å². The second-order valence-corrected chi connectivity index (χ2v) is 9.31. The molecule has 0 bridgehead atoms. The minimum absolute atomic E-state index is 0.0621. The number of aliphatic hydroxyl groups is 1. The van der Waals surface area contributed by atoms with Crippen LogP contribution < -0.4 is 4.74 Å². The fourth-order valence-electron chi connectivity index (χ4n) is 4.52. The Bertz CT molecular complexity index is 1270. The summed E-state index contributed by atoms with van der Waals surface area (Å²) in [4.78, 5) is 30.3. The van der Waals surface area contributed by atoms with E-state index in [1.54, 1.807) is 29.2 Å². The predicted octanol–water partition coefficient (Wildman–Crippen LogP) is 5.68.